The number of rotatable bonds is 6. The van der Waals surface area contributed by atoms with Crippen molar-refractivity contribution in [3.8, 4) is 6.07 Å². The molecule has 0 bridgehead atoms. The topological polar surface area (TPSA) is 36.9 Å². The molecule has 80 valence electrons. The molecule has 1 aromatic heterocycles. The maximum atomic E-state index is 8.42. The molecule has 15 heavy (non-hydrogen) atoms. The zero-order valence-electron chi connectivity index (χ0n) is 9.20. The molecule has 1 atom stereocenters. The molecule has 0 aliphatic carbocycles. The van der Waals surface area contributed by atoms with Crippen molar-refractivity contribution in [2.75, 3.05) is 0 Å². The van der Waals surface area contributed by atoms with Gasteiger partial charge in [-0.3, -0.25) is 0 Å². The average molecular weight is 203 g/mol. The third kappa shape index (κ3) is 3.28. The summed E-state index contributed by atoms with van der Waals surface area (Å²) in [7, 11) is 0. The van der Waals surface area contributed by atoms with Gasteiger partial charge < -0.3 is 4.42 Å². The van der Waals surface area contributed by atoms with Crippen LogP contribution < -0.4 is 0 Å². The van der Waals surface area contributed by atoms with E-state index in [1.165, 1.54) is 5.56 Å². The van der Waals surface area contributed by atoms with E-state index in [1.54, 1.807) is 6.26 Å². The molecule has 0 spiro atoms. The Morgan fingerprint density at radius 1 is 1.60 bits per heavy atom. The van der Waals surface area contributed by atoms with Crippen molar-refractivity contribution in [3.63, 3.8) is 0 Å². The van der Waals surface area contributed by atoms with Crippen LogP contribution in [-0.4, -0.2) is 0 Å². The van der Waals surface area contributed by atoms with Crippen LogP contribution >= 0.6 is 0 Å². The average Bonchev–Trinajstić information content (AvgIpc) is 2.71. The van der Waals surface area contributed by atoms with Gasteiger partial charge in [0.05, 0.1) is 12.3 Å². The van der Waals surface area contributed by atoms with Crippen LogP contribution in [0.25, 0.3) is 0 Å². The van der Waals surface area contributed by atoms with Crippen LogP contribution in [0.15, 0.2) is 29.4 Å². The highest BCUT2D eigenvalue weighted by Crippen LogP contribution is 2.23. The van der Waals surface area contributed by atoms with Crippen molar-refractivity contribution >= 4 is 0 Å². The molecule has 0 N–H and O–H groups in total. The van der Waals surface area contributed by atoms with Crippen LogP contribution in [0, 0.1) is 11.3 Å². The molecule has 2 nitrogen and oxygen atoms in total. The van der Waals surface area contributed by atoms with Crippen LogP contribution in [-0.2, 0) is 6.42 Å². The van der Waals surface area contributed by atoms with Crippen molar-refractivity contribution < 1.29 is 4.42 Å². The van der Waals surface area contributed by atoms with Gasteiger partial charge in [-0.05, 0) is 18.9 Å². The van der Waals surface area contributed by atoms with Crippen molar-refractivity contribution in [2.24, 2.45) is 0 Å². The number of hydrogen-bond donors (Lipinski definition) is 0. The third-order valence-corrected chi connectivity index (χ3v) is 2.57. The first-order chi connectivity index (χ1) is 7.29. The minimum absolute atomic E-state index is 0.342. The first-order valence-corrected chi connectivity index (χ1v) is 5.35. The molecule has 0 saturated carbocycles. The lowest BCUT2D eigenvalue weighted by Gasteiger charge is -2.05. The molecule has 2 heteroatoms. The van der Waals surface area contributed by atoms with Crippen LogP contribution in [0.3, 0.4) is 0 Å². The Hall–Kier alpha value is -1.49. The van der Waals surface area contributed by atoms with E-state index in [-0.39, 0.29) is 0 Å². The smallest absolute Gasteiger partial charge is 0.107 e. The minimum atomic E-state index is 0.342. The molecule has 1 unspecified atom stereocenters. The number of allylic oxidation sites excluding steroid dienone is 1. The molecule has 1 heterocycles. The fourth-order valence-electron chi connectivity index (χ4n) is 1.58. The quantitative estimate of drug-likeness (QED) is 0.520. The molecular weight excluding hydrogens is 186 g/mol. The molecule has 0 aliphatic heterocycles. The lowest BCUT2D eigenvalue weighted by molar-refractivity contribution is 0.492. The standard InChI is InChI=1S/C13H17NO/c1-3-11(2)12-8-10-15-13(12)7-5-4-6-9-14/h3,8,10-11H,1,4-7H2,2H3. The summed E-state index contributed by atoms with van der Waals surface area (Å²) >= 11 is 0. The fourth-order valence-corrected chi connectivity index (χ4v) is 1.58. The third-order valence-electron chi connectivity index (χ3n) is 2.57. The highest BCUT2D eigenvalue weighted by Gasteiger charge is 2.10. The number of nitrogens with zero attached hydrogens (tertiary/aromatic N) is 1. The van der Waals surface area contributed by atoms with Crippen molar-refractivity contribution in [3.05, 3.63) is 36.3 Å². The van der Waals surface area contributed by atoms with Gasteiger partial charge in [-0.2, -0.15) is 5.26 Å². The summed E-state index contributed by atoms with van der Waals surface area (Å²) in [6, 6.07) is 4.16. The van der Waals surface area contributed by atoms with Gasteiger partial charge in [-0.25, -0.2) is 0 Å². The lowest BCUT2D eigenvalue weighted by atomic mass is 9.99. The van der Waals surface area contributed by atoms with Crippen molar-refractivity contribution in [1.82, 2.24) is 0 Å². The number of hydrogen-bond acceptors (Lipinski definition) is 2. The Balaban J connectivity index is 2.50. The molecule has 1 rings (SSSR count). The Morgan fingerprint density at radius 3 is 3.07 bits per heavy atom. The van der Waals surface area contributed by atoms with Gasteiger partial charge in [0.2, 0.25) is 0 Å². The number of unbranched alkanes of at least 4 members (excludes halogenated alkanes) is 2. The Bertz CT molecular complexity index is 346. The summed E-state index contributed by atoms with van der Waals surface area (Å²) < 4.78 is 5.44. The van der Waals surface area contributed by atoms with Gasteiger partial charge in [-0.1, -0.05) is 13.0 Å². The zero-order chi connectivity index (χ0) is 11.1. The summed E-state index contributed by atoms with van der Waals surface area (Å²) in [5, 5.41) is 8.42. The van der Waals surface area contributed by atoms with E-state index in [4.69, 9.17) is 9.68 Å². The molecular formula is C13H17NO. The van der Waals surface area contributed by atoms with Gasteiger partial charge in [0.15, 0.2) is 0 Å². The van der Waals surface area contributed by atoms with Gasteiger partial charge in [0.25, 0.3) is 0 Å². The largest absolute Gasteiger partial charge is 0.469 e. The van der Waals surface area contributed by atoms with Gasteiger partial charge in [-0.15, -0.1) is 6.58 Å². The second-order valence-electron chi connectivity index (χ2n) is 3.69. The molecule has 0 saturated heterocycles. The summed E-state index contributed by atoms with van der Waals surface area (Å²) in [6.07, 6.45) is 7.16. The van der Waals surface area contributed by atoms with Gasteiger partial charge in [0, 0.05) is 24.3 Å². The van der Waals surface area contributed by atoms with Crippen molar-refractivity contribution in [1.29, 1.82) is 5.26 Å². The van der Waals surface area contributed by atoms with Crippen LogP contribution in [0.2, 0.25) is 0 Å². The van der Waals surface area contributed by atoms with E-state index in [1.807, 2.05) is 12.1 Å². The molecule has 0 aromatic carbocycles. The van der Waals surface area contributed by atoms with E-state index < -0.39 is 0 Å². The molecule has 0 fully saturated rings. The lowest BCUT2D eigenvalue weighted by Crippen LogP contribution is -1.93. The summed E-state index contributed by atoms with van der Waals surface area (Å²) in [5.41, 5.74) is 1.22. The predicted octanol–water partition coefficient (Wildman–Crippen LogP) is 3.81. The zero-order valence-corrected chi connectivity index (χ0v) is 9.20. The van der Waals surface area contributed by atoms with Crippen LogP contribution in [0.1, 0.15) is 43.4 Å². The highest BCUT2D eigenvalue weighted by molar-refractivity contribution is 5.24. The molecule has 1 aromatic rings. The maximum Gasteiger partial charge on any atom is 0.107 e. The van der Waals surface area contributed by atoms with Crippen LogP contribution in [0.4, 0.5) is 0 Å². The van der Waals surface area contributed by atoms with Gasteiger partial charge in [0.1, 0.15) is 5.76 Å². The summed E-state index contributed by atoms with van der Waals surface area (Å²) in [4.78, 5) is 0. The van der Waals surface area contributed by atoms with E-state index in [9.17, 15) is 0 Å². The second-order valence-corrected chi connectivity index (χ2v) is 3.69. The van der Waals surface area contributed by atoms with Crippen LogP contribution in [0.5, 0.6) is 0 Å². The number of aryl methyl sites for hydroxylation is 1. The highest BCUT2D eigenvalue weighted by atomic mass is 16.3. The SMILES string of the molecule is C=CC(C)c1ccoc1CCCCC#N. The molecule has 0 amide bonds. The maximum absolute atomic E-state index is 8.42. The van der Waals surface area contributed by atoms with E-state index in [0.29, 0.717) is 12.3 Å². The Labute approximate surface area is 91.2 Å². The van der Waals surface area contributed by atoms with Gasteiger partial charge >= 0.3 is 0 Å². The monoisotopic (exact) mass is 203 g/mol. The number of furan rings is 1. The summed E-state index contributed by atoms with van der Waals surface area (Å²) in [5.74, 6) is 1.38. The summed E-state index contributed by atoms with van der Waals surface area (Å²) in [6.45, 7) is 5.89. The second kappa shape index (κ2) is 6.08. The minimum Gasteiger partial charge on any atom is -0.469 e. The van der Waals surface area contributed by atoms with Crippen molar-refractivity contribution in [2.45, 2.75) is 38.5 Å². The predicted molar refractivity (Wildman–Crippen MR) is 60.5 cm³/mol. The van der Waals surface area contributed by atoms with E-state index in [0.717, 1.165) is 25.0 Å². The Kier molecular flexibility index (Phi) is 4.70. The number of nitriles is 1. The van der Waals surface area contributed by atoms with E-state index >= 15 is 0 Å². The first-order valence-electron chi connectivity index (χ1n) is 5.35. The molecule has 0 aliphatic rings. The normalized spacial score (nSPS) is 12.0. The van der Waals surface area contributed by atoms with E-state index in [2.05, 4.69) is 19.6 Å². The molecule has 0 radical (unpaired) electrons. The first kappa shape index (κ1) is 11.6. The fraction of sp³-hybridized carbons (Fsp3) is 0.462. The Morgan fingerprint density at radius 2 is 2.40 bits per heavy atom.